The average Bonchev–Trinajstić information content (AvgIpc) is 2.77. The predicted molar refractivity (Wildman–Crippen MR) is 93.9 cm³/mol. The van der Waals surface area contributed by atoms with Gasteiger partial charge < -0.3 is 19.8 Å². The maximum absolute atomic E-state index is 12.6. The molecule has 0 saturated carbocycles. The molecule has 6 heteroatoms. The van der Waals surface area contributed by atoms with Crippen LogP contribution in [0.3, 0.4) is 0 Å². The van der Waals surface area contributed by atoms with Gasteiger partial charge in [-0.3, -0.25) is 9.59 Å². The van der Waals surface area contributed by atoms with E-state index in [1.165, 1.54) is 0 Å². The van der Waals surface area contributed by atoms with Crippen molar-refractivity contribution in [2.75, 3.05) is 52.9 Å². The molecular weight excluding hydrogens is 306 g/mol. The third-order valence-electron chi connectivity index (χ3n) is 5.37. The van der Waals surface area contributed by atoms with Crippen molar-refractivity contribution in [1.82, 2.24) is 14.7 Å². The summed E-state index contributed by atoms with van der Waals surface area (Å²) in [6.45, 7) is 9.63. The summed E-state index contributed by atoms with van der Waals surface area (Å²) in [6.07, 6.45) is 5.07. The van der Waals surface area contributed by atoms with Crippen LogP contribution < -0.4 is 0 Å². The molecule has 0 aliphatic carbocycles. The van der Waals surface area contributed by atoms with E-state index in [4.69, 9.17) is 0 Å². The van der Waals surface area contributed by atoms with Gasteiger partial charge in [-0.1, -0.05) is 6.08 Å². The Balaban J connectivity index is 1.87. The van der Waals surface area contributed by atoms with Crippen molar-refractivity contribution in [3.63, 3.8) is 0 Å². The summed E-state index contributed by atoms with van der Waals surface area (Å²) in [6, 6.07) is 0. The van der Waals surface area contributed by atoms with Gasteiger partial charge in [-0.15, -0.1) is 6.58 Å². The summed E-state index contributed by atoms with van der Waals surface area (Å²) in [5, 5.41) is 9.61. The molecule has 136 valence electrons. The highest BCUT2D eigenvalue weighted by atomic mass is 16.4. The monoisotopic (exact) mass is 337 g/mol. The van der Waals surface area contributed by atoms with E-state index < -0.39 is 11.4 Å². The fraction of sp³-hybridized carbons (Fsp3) is 0.778. The molecule has 2 fully saturated rings. The zero-order valence-corrected chi connectivity index (χ0v) is 14.9. The number of likely N-dealkylation sites (tertiary alicyclic amines) is 1. The van der Waals surface area contributed by atoms with Crippen molar-refractivity contribution < 1.29 is 14.7 Å². The maximum atomic E-state index is 12.6. The number of allylic oxidation sites excluding steroid dienone is 1. The van der Waals surface area contributed by atoms with E-state index in [2.05, 4.69) is 23.4 Å². The Morgan fingerprint density at radius 2 is 1.96 bits per heavy atom. The molecule has 0 unspecified atom stereocenters. The molecule has 0 aromatic heterocycles. The fourth-order valence-corrected chi connectivity index (χ4v) is 3.78. The van der Waals surface area contributed by atoms with E-state index in [-0.39, 0.29) is 5.91 Å². The number of carbonyl (C=O) groups is 2. The van der Waals surface area contributed by atoms with Crippen LogP contribution in [0.4, 0.5) is 0 Å². The van der Waals surface area contributed by atoms with Crippen LogP contribution in [0.1, 0.15) is 32.1 Å². The highest BCUT2D eigenvalue weighted by Gasteiger charge is 2.42. The number of rotatable bonds is 6. The van der Waals surface area contributed by atoms with E-state index in [1.54, 1.807) is 11.0 Å². The molecule has 2 heterocycles. The van der Waals surface area contributed by atoms with Crippen LogP contribution in [-0.2, 0) is 9.59 Å². The number of carboxylic acids is 1. The van der Waals surface area contributed by atoms with Crippen molar-refractivity contribution in [1.29, 1.82) is 0 Å². The number of amides is 1. The lowest BCUT2D eigenvalue weighted by atomic mass is 9.77. The van der Waals surface area contributed by atoms with Crippen LogP contribution in [0.15, 0.2) is 12.7 Å². The van der Waals surface area contributed by atoms with Crippen LogP contribution in [0.5, 0.6) is 0 Å². The van der Waals surface area contributed by atoms with Gasteiger partial charge in [0.25, 0.3) is 0 Å². The van der Waals surface area contributed by atoms with Crippen LogP contribution in [0, 0.1) is 5.41 Å². The summed E-state index contributed by atoms with van der Waals surface area (Å²) in [7, 11) is 2.13. The highest BCUT2D eigenvalue weighted by molar-refractivity contribution is 5.80. The number of hydrogen-bond acceptors (Lipinski definition) is 4. The van der Waals surface area contributed by atoms with E-state index >= 15 is 0 Å². The summed E-state index contributed by atoms with van der Waals surface area (Å²) in [4.78, 5) is 30.7. The predicted octanol–water partition coefficient (Wildman–Crippen LogP) is 1.28. The lowest BCUT2D eigenvalue weighted by Crippen LogP contribution is -2.50. The molecule has 0 bridgehead atoms. The van der Waals surface area contributed by atoms with Crippen LogP contribution >= 0.6 is 0 Å². The van der Waals surface area contributed by atoms with Gasteiger partial charge in [0.15, 0.2) is 0 Å². The third-order valence-corrected chi connectivity index (χ3v) is 5.37. The summed E-state index contributed by atoms with van der Waals surface area (Å²) in [5.41, 5.74) is -0.846. The SMILES string of the molecule is C=CC[C@@]1(C(=O)O)CCCN(C(=O)CCN2CCCN(C)CC2)C1. The average molecular weight is 337 g/mol. The first kappa shape index (κ1) is 18.9. The minimum atomic E-state index is -0.846. The summed E-state index contributed by atoms with van der Waals surface area (Å²) < 4.78 is 0. The smallest absolute Gasteiger partial charge is 0.311 e. The largest absolute Gasteiger partial charge is 0.481 e. The third kappa shape index (κ3) is 4.80. The Hall–Kier alpha value is -1.40. The zero-order valence-electron chi connectivity index (χ0n) is 14.9. The van der Waals surface area contributed by atoms with Gasteiger partial charge in [-0.05, 0) is 45.8 Å². The lowest BCUT2D eigenvalue weighted by molar-refractivity contribution is -0.154. The fourth-order valence-electron chi connectivity index (χ4n) is 3.78. The van der Waals surface area contributed by atoms with Gasteiger partial charge in [-0.25, -0.2) is 0 Å². The first-order valence-electron chi connectivity index (χ1n) is 9.00. The minimum absolute atomic E-state index is 0.0852. The zero-order chi connectivity index (χ0) is 17.6. The van der Waals surface area contributed by atoms with Crippen molar-refractivity contribution in [2.45, 2.75) is 32.1 Å². The quantitative estimate of drug-likeness (QED) is 0.740. The number of hydrogen-bond donors (Lipinski definition) is 1. The number of aliphatic carboxylic acids is 1. The normalized spacial score (nSPS) is 26.8. The molecule has 2 aliphatic rings. The molecule has 1 atom stereocenters. The molecule has 24 heavy (non-hydrogen) atoms. The van der Waals surface area contributed by atoms with E-state index in [0.29, 0.717) is 32.4 Å². The number of carbonyl (C=O) groups excluding carboxylic acids is 1. The maximum Gasteiger partial charge on any atom is 0.311 e. The van der Waals surface area contributed by atoms with Gasteiger partial charge in [-0.2, -0.15) is 0 Å². The first-order valence-corrected chi connectivity index (χ1v) is 9.00. The van der Waals surface area contributed by atoms with Crippen molar-refractivity contribution in [3.8, 4) is 0 Å². The summed E-state index contributed by atoms with van der Waals surface area (Å²) >= 11 is 0. The number of likely N-dealkylation sites (N-methyl/N-ethyl adjacent to an activating group) is 1. The summed E-state index contributed by atoms with van der Waals surface area (Å²) in [5.74, 6) is -0.725. The van der Waals surface area contributed by atoms with Gasteiger partial charge >= 0.3 is 5.97 Å². The molecule has 6 nitrogen and oxygen atoms in total. The Labute approximate surface area is 145 Å². The Morgan fingerprint density at radius 1 is 1.17 bits per heavy atom. The molecule has 0 radical (unpaired) electrons. The second-order valence-electron chi connectivity index (χ2n) is 7.25. The van der Waals surface area contributed by atoms with Gasteiger partial charge in [0.05, 0.1) is 5.41 Å². The Kier molecular flexibility index (Phi) is 6.80. The molecular formula is C18H31N3O3. The van der Waals surface area contributed by atoms with E-state index in [0.717, 1.165) is 45.6 Å². The van der Waals surface area contributed by atoms with E-state index in [9.17, 15) is 14.7 Å². The number of carboxylic acid groups (broad SMARTS) is 1. The molecule has 2 aliphatic heterocycles. The number of nitrogens with zero attached hydrogens (tertiary/aromatic N) is 3. The second kappa shape index (κ2) is 8.62. The number of piperidine rings is 1. The van der Waals surface area contributed by atoms with Crippen molar-refractivity contribution in [2.24, 2.45) is 5.41 Å². The Morgan fingerprint density at radius 3 is 2.67 bits per heavy atom. The standard InChI is InChI=1S/C18H31N3O3/c1-3-7-18(17(23)24)8-4-11-21(15-18)16(22)6-12-20-10-5-9-19(2)13-14-20/h3H,1,4-15H2,2H3,(H,23,24)/t18-/m1/s1. The molecule has 0 aromatic carbocycles. The topological polar surface area (TPSA) is 64.1 Å². The highest BCUT2D eigenvalue weighted by Crippen LogP contribution is 2.34. The minimum Gasteiger partial charge on any atom is -0.481 e. The molecule has 0 aromatic rings. The molecule has 1 amide bonds. The van der Waals surface area contributed by atoms with Crippen molar-refractivity contribution in [3.05, 3.63) is 12.7 Å². The second-order valence-corrected chi connectivity index (χ2v) is 7.25. The van der Waals surface area contributed by atoms with Crippen LogP contribution in [0.25, 0.3) is 0 Å². The lowest BCUT2D eigenvalue weighted by Gasteiger charge is -2.39. The van der Waals surface area contributed by atoms with Crippen LogP contribution in [-0.4, -0.2) is 84.5 Å². The van der Waals surface area contributed by atoms with Crippen LogP contribution in [0.2, 0.25) is 0 Å². The molecule has 1 N–H and O–H groups in total. The molecule has 2 saturated heterocycles. The van der Waals surface area contributed by atoms with Gasteiger partial charge in [0.1, 0.15) is 0 Å². The molecule has 2 rings (SSSR count). The van der Waals surface area contributed by atoms with Gasteiger partial charge in [0, 0.05) is 39.1 Å². The van der Waals surface area contributed by atoms with Gasteiger partial charge in [0.2, 0.25) is 5.91 Å². The van der Waals surface area contributed by atoms with E-state index in [1.807, 2.05) is 0 Å². The first-order chi connectivity index (χ1) is 11.5. The Bertz CT molecular complexity index is 468. The van der Waals surface area contributed by atoms with Crippen molar-refractivity contribution >= 4 is 11.9 Å². The molecule has 0 spiro atoms.